The third kappa shape index (κ3) is 4.12. The molecule has 0 bridgehead atoms. The minimum absolute atomic E-state index is 0.0384. The Kier molecular flexibility index (Phi) is 6.22. The molecule has 0 amide bonds. The number of rotatable bonds is 5. The molecular formula is C26H32FN7O2. The average molecular weight is 494 g/mol. The summed E-state index contributed by atoms with van der Waals surface area (Å²) in [6, 6.07) is 8.95. The SMILES string of the molecule is CC(c1ccc(F)cc1N1CC(O)C1)N1C[C@H](C)N(c2cc(=O)n(C)c3cn(CC#N)nc23)C[C@H]1C. The van der Waals surface area contributed by atoms with Gasteiger partial charge in [0.2, 0.25) is 0 Å². The number of anilines is 2. The Labute approximate surface area is 209 Å². The van der Waals surface area contributed by atoms with Crippen molar-refractivity contribution in [1.82, 2.24) is 19.2 Å². The molecule has 2 aliphatic heterocycles. The quantitative estimate of drug-likeness (QED) is 0.583. The van der Waals surface area contributed by atoms with E-state index in [9.17, 15) is 14.3 Å². The van der Waals surface area contributed by atoms with Crippen molar-refractivity contribution >= 4 is 22.4 Å². The van der Waals surface area contributed by atoms with Gasteiger partial charge in [0.25, 0.3) is 5.56 Å². The Bertz CT molecular complexity index is 1390. The lowest BCUT2D eigenvalue weighted by atomic mass is 9.97. The number of hydrogen-bond acceptors (Lipinski definition) is 7. The van der Waals surface area contributed by atoms with Crippen molar-refractivity contribution in [3.05, 3.63) is 52.2 Å². The van der Waals surface area contributed by atoms with Gasteiger partial charge in [-0.25, -0.2) is 4.39 Å². The summed E-state index contributed by atoms with van der Waals surface area (Å²) in [5.41, 5.74) is 3.97. The lowest BCUT2D eigenvalue weighted by Crippen LogP contribution is -2.57. The van der Waals surface area contributed by atoms with Gasteiger partial charge in [-0.05, 0) is 38.5 Å². The van der Waals surface area contributed by atoms with Crippen LogP contribution in [0.25, 0.3) is 11.0 Å². The number of β-amino-alcohol motifs (C(OH)–C–C–N with tert-alkyl or cyclic N) is 1. The second kappa shape index (κ2) is 9.22. The number of nitriles is 1. The molecular weight excluding hydrogens is 461 g/mol. The van der Waals surface area contributed by atoms with Gasteiger partial charge in [-0.2, -0.15) is 10.4 Å². The Balaban J connectivity index is 1.44. The number of hydrogen-bond donors (Lipinski definition) is 1. The summed E-state index contributed by atoms with van der Waals surface area (Å²) in [6.07, 6.45) is 1.38. The molecule has 9 nitrogen and oxygen atoms in total. The fourth-order valence-corrected chi connectivity index (χ4v) is 5.62. The van der Waals surface area contributed by atoms with Gasteiger partial charge in [0.15, 0.2) is 0 Å². The van der Waals surface area contributed by atoms with Gasteiger partial charge in [-0.1, -0.05) is 6.07 Å². The van der Waals surface area contributed by atoms with Crippen LogP contribution in [0, 0.1) is 17.1 Å². The largest absolute Gasteiger partial charge is 0.389 e. The summed E-state index contributed by atoms with van der Waals surface area (Å²) in [7, 11) is 1.72. The zero-order valence-corrected chi connectivity index (χ0v) is 21.1. The smallest absolute Gasteiger partial charge is 0.252 e. The number of nitrogens with zero attached hydrogens (tertiary/aromatic N) is 7. The van der Waals surface area contributed by atoms with E-state index in [0.29, 0.717) is 30.7 Å². The van der Waals surface area contributed by atoms with E-state index in [1.165, 1.54) is 6.07 Å². The molecule has 0 spiro atoms. The Morgan fingerprint density at radius 1 is 1.17 bits per heavy atom. The monoisotopic (exact) mass is 493 g/mol. The van der Waals surface area contributed by atoms with Gasteiger partial charge in [-0.3, -0.25) is 14.4 Å². The van der Waals surface area contributed by atoms with Gasteiger partial charge in [0.1, 0.15) is 17.9 Å². The fraction of sp³-hybridized carbons (Fsp3) is 0.500. The molecule has 0 radical (unpaired) electrons. The summed E-state index contributed by atoms with van der Waals surface area (Å²) in [5.74, 6) is -0.279. The molecule has 1 aromatic carbocycles. The molecule has 36 heavy (non-hydrogen) atoms. The lowest BCUT2D eigenvalue weighted by molar-refractivity contribution is 0.118. The number of halogens is 1. The van der Waals surface area contributed by atoms with Crippen LogP contribution in [-0.2, 0) is 13.6 Å². The number of aliphatic hydroxyl groups is 1. The highest BCUT2D eigenvalue weighted by Gasteiger charge is 2.36. The van der Waals surface area contributed by atoms with Crippen LogP contribution in [0.2, 0.25) is 0 Å². The van der Waals surface area contributed by atoms with Crippen LogP contribution in [-0.4, -0.2) is 68.7 Å². The van der Waals surface area contributed by atoms with E-state index in [2.05, 4.69) is 41.7 Å². The average Bonchev–Trinajstić information content (AvgIpc) is 3.24. The first-order chi connectivity index (χ1) is 17.2. The number of fused-ring (bicyclic) bond motifs is 1. The van der Waals surface area contributed by atoms with Crippen LogP contribution in [0.15, 0.2) is 35.3 Å². The van der Waals surface area contributed by atoms with Crippen molar-refractivity contribution in [2.45, 2.75) is 51.5 Å². The fourth-order valence-electron chi connectivity index (χ4n) is 5.62. The molecule has 2 aromatic heterocycles. The van der Waals surface area contributed by atoms with E-state index in [1.54, 1.807) is 34.6 Å². The first-order valence-corrected chi connectivity index (χ1v) is 12.4. The van der Waals surface area contributed by atoms with Crippen molar-refractivity contribution < 1.29 is 9.50 Å². The molecule has 2 aliphatic rings. The first-order valence-electron chi connectivity index (χ1n) is 12.4. The van der Waals surface area contributed by atoms with Crippen molar-refractivity contribution in [3.8, 4) is 6.07 Å². The predicted octanol–water partition coefficient (Wildman–Crippen LogP) is 2.24. The molecule has 4 heterocycles. The number of aliphatic hydroxyl groups excluding tert-OH is 1. The number of pyridine rings is 1. The van der Waals surface area contributed by atoms with Crippen molar-refractivity contribution in [2.24, 2.45) is 7.05 Å². The zero-order valence-electron chi connectivity index (χ0n) is 21.1. The highest BCUT2D eigenvalue weighted by atomic mass is 19.1. The highest BCUT2D eigenvalue weighted by Crippen LogP contribution is 2.37. The molecule has 0 saturated carbocycles. The Morgan fingerprint density at radius 3 is 2.61 bits per heavy atom. The summed E-state index contributed by atoms with van der Waals surface area (Å²) in [6.45, 7) is 9.03. The second-order valence-electron chi connectivity index (χ2n) is 10.1. The van der Waals surface area contributed by atoms with Gasteiger partial charge in [0, 0.05) is 63.1 Å². The summed E-state index contributed by atoms with van der Waals surface area (Å²) in [5, 5.41) is 23.5. The third-order valence-electron chi connectivity index (χ3n) is 7.66. The van der Waals surface area contributed by atoms with Gasteiger partial charge >= 0.3 is 0 Å². The topological polar surface area (TPSA) is 93.6 Å². The van der Waals surface area contributed by atoms with Crippen LogP contribution >= 0.6 is 0 Å². The van der Waals surface area contributed by atoms with Crippen molar-refractivity contribution in [3.63, 3.8) is 0 Å². The molecule has 2 fully saturated rings. The van der Waals surface area contributed by atoms with E-state index >= 15 is 0 Å². The van der Waals surface area contributed by atoms with Crippen LogP contribution in [0.5, 0.6) is 0 Å². The minimum atomic E-state index is -0.369. The van der Waals surface area contributed by atoms with E-state index < -0.39 is 0 Å². The zero-order chi connectivity index (χ0) is 25.7. The molecule has 1 unspecified atom stereocenters. The van der Waals surface area contributed by atoms with Crippen LogP contribution < -0.4 is 15.4 Å². The molecule has 2 saturated heterocycles. The van der Waals surface area contributed by atoms with Crippen LogP contribution in [0.1, 0.15) is 32.4 Å². The normalized spacial score (nSPS) is 22.0. The summed E-state index contributed by atoms with van der Waals surface area (Å²) < 4.78 is 17.3. The maximum absolute atomic E-state index is 14.1. The van der Waals surface area contributed by atoms with Gasteiger partial charge in [-0.15, -0.1) is 0 Å². The van der Waals surface area contributed by atoms with Crippen molar-refractivity contribution in [2.75, 3.05) is 36.0 Å². The van der Waals surface area contributed by atoms with E-state index in [1.807, 2.05) is 11.0 Å². The second-order valence-corrected chi connectivity index (χ2v) is 10.1. The molecule has 0 aliphatic carbocycles. The van der Waals surface area contributed by atoms with E-state index in [0.717, 1.165) is 23.5 Å². The lowest BCUT2D eigenvalue weighted by Gasteiger charge is -2.48. The van der Waals surface area contributed by atoms with Gasteiger partial charge < -0.3 is 19.5 Å². The predicted molar refractivity (Wildman–Crippen MR) is 137 cm³/mol. The summed E-state index contributed by atoms with van der Waals surface area (Å²) >= 11 is 0. The van der Waals surface area contributed by atoms with Crippen molar-refractivity contribution in [1.29, 1.82) is 5.26 Å². The highest BCUT2D eigenvalue weighted by molar-refractivity contribution is 5.88. The van der Waals surface area contributed by atoms with E-state index in [4.69, 9.17) is 5.26 Å². The Morgan fingerprint density at radius 2 is 1.92 bits per heavy atom. The molecule has 5 rings (SSSR count). The molecule has 10 heteroatoms. The summed E-state index contributed by atoms with van der Waals surface area (Å²) in [4.78, 5) is 19.4. The van der Waals surface area contributed by atoms with E-state index in [-0.39, 0.29) is 42.2 Å². The third-order valence-corrected chi connectivity index (χ3v) is 7.66. The number of benzene rings is 1. The number of aryl methyl sites for hydroxylation is 1. The molecule has 3 atom stereocenters. The first kappa shape index (κ1) is 24.3. The van der Waals surface area contributed by atoms with Crippen LogP contribution in [0.4, 0.5) is 15.8 Å². The maximum Gasteiger partial charge on any atom is 0.252 e. The molecule has 3 aromatic rings. The Hall–Kier alpha value is -3.42. The standard InChI is InChI=1S/C26H32FN7O2/c1-16-12-34(23-10-25(36)30(4)24-15-32(8-7-28)29-26(23)24)17(2)11-33(16)18(3)21-6-5-19(27)9-22(21)31-13-20(35)14-31/h5-6,9-10,15-18,20,35H,8,11-14H2,1-4H3/t16-,17+,18?/m1/s1. The molecule has 1 N–H and O–H groups in total. The van der Waals surface area contributed by atoms with Gasteiger partial charge in [0.05, 0.1) is 29.6 Å². The maximum atomic E-state index is 14.1. The number of aromatic nitrogens is 3. The molecule has 190 valence electrons. The van der Waals surface area contributed by atoms with Crippen LogP contribution in [0.3, 0.4) is 0 Å². The number of piperazine rings is 1. The minimum Gasteiger partial charge on any atom is -0.389 e.